The van der Waals surface area contributed by atoms with E-state index < -0.39 is 17.2 Å². The summed E-state index contributed by atoms with van der Waals surface area (Å²) < 4.78 is 11.7. The molecule has 3 saturated carbocycles. The van der Waals surface area contributed by atoms with E-state index in [0.29, 0.717) is 37.8 Å². The number of allylic oxidation sites excluding steroid dienone is 1. The molecular weight excluding hydrogens is 799 g/mol. The number of amides is 3. The second-order valence-electron chi connectivity index (χ2n) is 24.5. The fourth-order valence-electron chi connectivity index (χ4n) is 13.2. The number of hydrogen-bond acceptors (Lipinski definition) is 6. The molecule has 2 N–H and O–H groups in total. The van der Waals surface area contributed by atoms with Crippen LogP contribution in [0, 0.1) is 52.3 Å². The lowest BCUT2D eigenvalue weighted by Crippen LogP contribution is -2.51. The van der Waals surface area contributed by atoms with Gasteiger partial charge in [-0.3, -0.25) is 14.4 Å². The normalized spacial score (nSPS) is 27.9. The molecule has 9 heteroatoms. The van der Waals surface area contributed by atoms with Gasteiger partial charge in [0, 0.05) is 43.4 Å². The molecule has 0 radical (unpaired) electrons. The molecule has 4 rings (SSSR count). The number of esters is 1. The number of nitrogens with one attached hydrogen (secondary N) is 2. The molecule has 64 heavy (non-hydrogen) atoms. The number of alkyl carbamates (subject to hydrolysis) is 1. The second-order valence-corrected chi connectivity index (χ2v) is 24.5. The van der Waals surface area contributed by atoms with Crippen molar-refractivity contribution in [3.05, 3.63) is 11.6 Å². The summed E-state index contributed by atoms with van der Waals surface area (Å²) in [5, 5.41) is 5.87. The second kappa shape index (κ2) is 23.4. The van der Waals surface area contributed by atoms with Gasteiger partial charge in [0.2, 0.25) is 12.3 Å². The fourth-order valence-corrected chi connectivity index (χ4v) is 13.2. The molecule has 0 aromatic carbocycles. The van der Waals surface area contributed by atoms with Crippen molar-refractivity contribution in [2.45, 2.75) is 248 Å². The minimum Gasteiger partial charge on any atom is -0.462 e. The van der Waals surface area contributed by atoms with Crippen LogP contribution in [0.1, 0.15) is 225 Å². The molecule has 3 fully saturated rings. The molecule has 4 aliphatic carbocycles. The fraction of sp³-hybridized carbons (Fsp3) is 0.891. The average molecular weight is 896 g/mol. The Morgan fingerprint density at radius 2 is 1.53 bits per heavy atom. The van der Waals surface area contributed by atoms with Crippen LogP contribution in [-0.2, 0) is 23.9 Å². The summed E-state index contributed by atoms with van der Waals surface area (Å²) in [6.45, 7) is 29.7. The van der Waals surface area contributed by atoms with Crippen LogP contribution >= 0.6 is 0 Å². The number of ether oxygens (including phenoxy) is 2. The van der Waals surface area contributed by atoms with Crippen molar-refractivity contribution in [1.29, 1.82) is 0 Å². The van der Waals surface area contributed by atoms with Gasteiger partial charge in [0.25, 0.3) is 0 Å². The van der Waals surface area contributed by atoms with E-state index in [1.807, 2.05) is 53.4 Å². The maximum atomic E-state index is 13.7. The molecule has 0 spiro atoms. The molecule has 0 aromatic heterocycles. The number of carbonyl (C=O) groups excluding carboxylic acids is 4. The Hall–Kier alpha value is -2.58. The minimum absolute atomic E-state index is 0.0424. The lowest BCUT2D eigenvalue weighted by Gasteiger charge is -2.58. The van der Waals surface area contributed by atoms with Gasteiger partial charge in [0.05, 0.1) is 0 Å². The van der Waals surface area contributed by atoms with Gasteiger partial charge in [-0.25, -0.2) is 4.79 Å². The molecule has 9 nitrogen and oxygen atoms in total. The molecule has 3 amide bonds. The van der Waals surface area contributed by atoms with Crippen LogP contribution < -0.4 is 10.6 Å². The summed E-state index contributed by atoms with van der Waals surface area (Å²) in [4.78, 5) is 52.5. The molecule has 9 unspecified atom stereocenters. The van der Waals surface area contributed by atoms with E-state index in [1.165, 1.54) is 56.9 Å². The Labute approximate surface area is 391 Å². The van der Waals surface area contributed by atoms with E-state index in [-0.39, 0.29) is 35.4 Å². The molecule has 0 heterocycles. The Morgan fingerprint density at radius 3 is 2.20 bits per heavy atom. The van der Waals surface area contributed by atoms with E-state index in [0.717, 1.165) is 106 Å². The van der Waals surface area contributed by atoms with E-state index in [4.69, 9.17) is 9.47 Å². The summed E-state index contributed by atoms with van der Waals surface area (Å²) in [6.07, 6.45) is 24.0. The first-order valence-corrected chi connectivity index (χ1v) is 26.3. The first-order chi connectivity index (χ1) is 29.9. The van der Waals surface area contributed by atoms with E-state index in [2.05, 4.69) is 58.3 Å². The minimum atomic E-state index is -0.597. The summed E-state index contributed by atoms with van der Waals surface area (Å²) in [5.41, 5.74) is 0.851. The predicted octanol–water partition coefficient (Wildman–Crippen LogP) is 13.1. The maximum Gasteiger partial charge on any atom is 0.408 e. The van der Waals surface area contributed by atoms with Crippen LogP contribution in [0.3, 0.4) is 0 Å². The van der Waals surface area contributed by atoms with Gasteiger partial charge in [-0.05, 0) is 178 Å². The highest BCUT2D eigenvalue weighted by Gasteiger charge is 2.59. The van der Waals surface area contributed by atoms with Crippen molar-refractivity contribution in [2.24, 2.45) is 52.3 Å². The van der Waals surface area contributed by atoms with Crippen LogP contribution in [-0.4, -0.2) is 65.2 Å². The van der Waals surface area contributed by atoms with Crippen LogP contribution in [0.15, 0.2) is 11.6 Å². The summed E-state index contributed by atoms with van der Waals surface area (Å²) >= 11 is 0. The Bertz CT molecular complexity index is 1550. The largest absolute Gasteiger partial charge is 0.462 e. The van der Waals surface area contributed by atoms with Gasteiger partial charge in [0.15, 0.2) is 0 Å². The zero-order chi connectivity index (χ0) is 47.5. The summed E-state index contributed by atoms with van der Waals surface area (Å²) in [5.74, 6) is 5.50. The maximum absolute atomic E-state index is 13.7. The highest BCUT2D eigenvalue weighted by atomic mass is 16.6. The van der Waals surface area contributed by atoms with Gasteiger partial charge in [-0.15, -0.1) is 0 Å². The molecule has 368 valence electrons. The highest BCUT2D eigenvalue weighted by molar-refractivity contribution is 5.77. The summed E-state index contributed by atoms with van der Waals surface area (Å²) in [6, 6.07) is 0. The van der Waals surface area contributed by atoms with Gasteiger partial charge < -0.3 is 25.0 Å². The Kier molecular flexibility index (Phi) is 19.8. The smallest absolute Gasteiger partial charge is 0.408 e. The first kappa shape index (κ1) is 54.0. The number of hydrogen-bond donors (Lipinski definition) is 2. The van der Waals surface area contributed by atoms with Crippen LogP contribution in [0.5, 0.6) is 0 Å². The standard InChI is InChI=1S/C55H97N3O6/c1-14-41(39(2)3)24-23-40(4)45-27-28-46-44-26-25-42-37-43(29-32-54(42,12)47(44)30-33-55(45,46)13)63-49(61)22-20-21-48(60)58(35-19-17-15-16-18-31-52(8,9)56-38-59)36-34-53(10,11)57-50(62)64-51(5,6)7/h25,38-41,43-47H,14-24,26-37H2,1-13H3,(H,56,59)(H,57,62). The van der Waals surface area contributed by atoms with Crippen molar-refractivity contribution < 1.29 is 28.7 Å². The first-order valence-electron chi connectivity index (χ1n) is 26.3. The van der Waals surface area contributed by atoms with Gasteiger partial charge >= 0.3 is 12.1 Å². The third-order valence-corrected chi connectivity index (χ3v) is 17.2. The molecule has 4 aliphatic rings. The zero-order valence-corrected chi connectivity index (χ0v) is 43.4. The highest BCUT2D eigenvalue weighted by Crippen LogP contribution is 2.67. The lowest BCUT2D eigenvalue weighted by molar-refractivity contribution is -0.151. The predicted molar refractivity (Wildman–Crippen MR) is 262 cm³/mol. The van der Waals surface area contributed by atoms with Crippen LogP contribution in [0.4, 0.5) is 4.79 Å². The van der Waals surface area contributed by atoms with Crippen molar-refractivity contribution in [3.63, 3.8) is 0 Å². The van der Waals surface area contributed by atoms with Crippen molar-refractivity contribution in [3.8, 4) is 0 Å². The van der Waals surface area contributed by atoms with Crippen molar-refractivity contribution in [2.75, 3.05) is 13.1 Å². The monoisotopic (exact) mass is 896 g/mol. The topological polar surface area (TPSA) is 114 Å². The van der Waals surface area contributed by atoms with E-state index in [1.54, 1.807) is 0 Å². The zero-order valence-electron chi connectivity index (χ0n) is 43.4. The molecule has 0 aromatic rings. The Balaban J connectivity index is 1.26. The SMILES string of the molecule is CCC(CCC(C)C1CCC2C3CC=C4CC(OC(=O)CCCC(=O)N(CCCCCCCC(C)(C)NC=O)CCC(C)(C)NC(=O)OC(C)(C)C)CCC4(C)C3CCC12C)C(C)C. The van der Waals surface area contributed by atoms with E-state index >= 15 is 0 Å². The average Bonchev–Trinajstić information content (AvgIpc) is 3.55. The molecule has 0 aliphatic heterocycles. The molecule has 0 bridgehead atoms. The number of nitrogens with zero attached hydrogens (tertiary/aromatic N) is 1. The van der Waals surface area contributed by atoms with Crippen molar-refractivity contribution >= 4 is 24.4 Å². The van der Waals surface area contributed by atoms with Gasteiger partial charge in [-0.2, -0.15) is 0 Å². The third-order valence-electron chi connectivity index (χ3n) is 17.2. The quantitative estimate of drug-likeness (QED) is 0.0408. The number of unbranched alkanes of at least 4 members (excludes halogenated alkanes) is 4. The van der Waals surface area contributed by atoms with Crippen LogP contribution in [0.25, 0.3) is 0 Å². The summed E-state index contributed by atoms with van der Waals surface area (Å²) in [7, 11) is 0. The third kappa shape index (κ3) is 15.2. The van der Waals surface area contributed by atoms with E-state index in [9.17, 15) is 19.2 Å². The number of rotatable bonds is 25. The van der Waals surface area contributed by atoms with Crippen molar-refractivity contribution in [1.82, 2.24) is 15.5 Å². The number of carbonyl (C=O) groups is 4. The Morgan fingerprint density at radius 1 is 0.828 bits per heavy atom. The van der Waals surface area contributed by atoms with Gasteiger partial charge in [0.1, 0.15) is 11.7 Å². The van der Waals surface area contributed by atoms with Gasteiger partial charge in [-0.1, -0.05) is 91.7 Å². The molecule has 0 saturated heterocycles. The van der Waals surface area contributed by atoms with Crippen LogP contribution in [0.2, 0.25) is 0 Å². The number of fused-ring (bicyclic) bond motifs is 5. The lowest BCUT2D eigenvalue weighted by atomic mass is 9.47. The molecule has 9 atom stereocenters. The molecular formula is C55H97N3O6.